The summed E-state index contributed by atoms with van der Waals surface area (Å²) >= 11 is 7.30. The van der Waals surface area contributed by atoms with Crippen LogP contribution in [0.25, 0.3) is 10.2 Å². The van der Waals surface area contributed by atoms with Crippen molar-refractivity contribution in [3.8, 4) is 11.5 Å². The summed E-state index contributed by atoms with van der Waals surface area (Å²) in [4.78, 5) is 16.4. The van der Waals surface area contributed by atoms with Gasteiger partial charge in [0, 0.05) is 5.02 Å². The fraction of sp³-hybridized carbons (Fsp3) is 0.167. The Kier molecular flexibility index (Phi) is 7.64. The van der Waals surface area contributed by atoms with E-state index in [1.165, 1.54) is 18.4 Å². The fourth-order valence-corrected chi connectivity index (χ4v) is 4.22. The highest BCUT2D eigenvalue weighted by Gasteiger charge is 2.24. The number of thiazole rings is 1. The number of nitrogens with zero attached hydrogens (tertiary/aromatic N) is 1. The molecule has 182 valence electrons. The summed E-state index contributed by atoms with van der Waals surface area (Å²) < 4.78 is 45.7. The number of carbonyl (C=O) groups is 1. The summed E-state index contributed by atoms with van der Waals surface area (Å²) in [5.74, 6) is -1.97. The first-order valence-corrected chi connectivity index (χ1v) is 11.4. The Morgan fingerprint density at radius 2 is 2.00 bits per heavy atom. The van der Waals surface area contributed by atoms with Crippen LogP contribution in [0.2, 0.25) is 5.02 Å². The zero-order valence-corrected chi connectivity index (χ0v) is 19.8. The Hall–Kier alpha value is -3.47. The van der Waals surface area contributed by atoms with Crippen LogP contribution in [0.5, 0.6) is 11.5 Å². The van der Waals surface area contributed by atoms with Crippen molar-refractivity contribution in [1.82, 2.24) is 10.3 Å². The van der Waals surface area contributed by atoms with Crippen molar-refractivity contribution in [3.63, 3.8) is 0 Å². The van der Waals surface area contributed by atoms with Crippen LogP contribution in [0.4, 0.5) is 13.6 Å². The maximum atomic E-state index is 15.0. The topological polar surface area (TPSA) is 89.9 Å². The molecule has 7 nitrogen and oxygen atoms in total. The molecular formula is C24H19ClF2N2O5S. The van der Waals surface area contributed by atoms with Crippen molar-refractivity contribution in [2.45, 2.75) is 19.4 Å². The Morgan fingerprint density at radius 3 is 2.80 bits per heavy atom. The Labute approximate surface area is 207 Å². The summed E-state index contributed by atoms with van der Waals surface area (Å²) in [6, 6.07) is 14.0. The lowest BCUT2D eigenvalue weighted by Gasteiger charge is -2.16. The molecule has 4 rings (SSSR count). The Morgan fingerprint density at radius 1 is 1.17 bits per heavy atom. The second kappa shape index (κ2) is 10.9. The summed E-state index contributed by atoms with van der Waals surface area (Å²) in [6.07, 6.45) is -3.08. The van der Waals surface area contributed by atoms with E-state index in [1.54, 1.807) is 36.4 Å². The van der Waals surface area contributed by atoms with Gasteiger partial charge in [-0.3, -0.25) is 5.32 Å². The number of amides is 1. The smallest absolute Gasteiger partial charge is 0.409 e. The molecule has 0 spiro atoms. The molecule has 3 aromatic carbocycles. The second-order valence-corrected chi connectivity index (χ2v) is 8.81. The third-order valence-electron chi connectivity index (χ3n) is 4.87. The molecule has 0 aliphatic heterocycles. The van der Waals surface area contributed by atoms with E-state index in [-0.39, 0.29) is 19.0 Å². The van der Waals surface area contributed by atoms with Crippen LogP contribution in [0.3, 0.4) is 0 Å². The van der Waals surface area contributed by atoms with Gasteiger partial charge in [-0.05, 0) is 48.0 Å². The molecule has 1 unspecified atom stereocenters. The van der Waals surface area contributed by atoms with Gasteiger partial charge in [0.05, 0.1) is 22.9 Å². The van der Waals surface area contributed by atoms with Gasteiger partial charge in [0.15, 0.2) is 17.8 Å². The Bertz CT molecular complexity index is 1370. The molecule has 0 fully saturated rings. The number of ether oxygens (including phenoxy) is 3. The van der Waals surface area contributed by atoms with E-state index in [9.17, 15) is 18.7 Å². The molecule has 0 aliphatic rings. The van der Waals surface area contributed by atoms with Crippen LogP contribution in [0.15, 0.2) is 54.6 Å². The number of halogens is 3. The lowest BCUT2D eigenvalue weighted by Crippen LogP contribution is -2.30. The van der Waals surface area contributed by atoms with Gasteiger partial charge in [-0.1, -0.05) is 23.7 Å². The van der Waals surface area contributed by atoms with Crippen molar-refractivity contribution < 1.29 is 32.9 Å². The standard InChI is InChI=1S/C24H19ClF2N2O5S/c1-32-15-4-2-3-13(9-15)11-34-24(31)29-23(30)21-16(26)6-7-18(22(21)27)33-12-20-28-17-10-14(25)5-8-19(17)35-20/h2-10,23,30H,11-12H2,1H3,(H,29,31). The molecule has 1 aromatic heterocycles. The highest BCUT2D eigenvalue weighted by molar-refractivity contribution is 7.18. The minimum atomic E-state index is -2.01. The maximum Gasteiger partial charge on any atom is 0.409 e. The van der Waals surface area contributed by atoms with Gasteiger partial charge in [0.25, 0.3) is 0 Å². The van der Waals surface area contributed by atoms with Gasteiger partial charge in [-0.2, -0.15) is 0 Å². The first kappa shape index (κ1) is 24.6. The molecule has 0 saturated heterocycles. The maximum absolute atomic E-state index is 15.0. The number of fused-ring (bicyclic) bond motifs is 1. The molecule has 0 bridgehead atoms. The van der Waals surface area contributed by atoms with E-state index in [1.807, 2.05) is 11.4 Å². The first-order chi connectivity index (χ1) is 16.8. The van der Waals surface area contributed by atoms with Crippen LogP contribution in [0, 0.1) is 11.6 Å². The molecule has 1 heterocycles. The van der Waals surface area contributed by atoms with E-state index in [0.717, 1.165) is 16.8 Å². The van der Waals surface area contributed by atoms with Crippen LogP contribution < -0.4 is 14.8 Å². The predicted molar refractivity (Wildman–Crippen MR) is 127 cm³/mol. The molecule has 0 aliphatic carbocycles. The molecule has 0 saturated carbocycles. The van der Waals surface area contributed by atoms with Gasteiger partial charge in [0.2, 0.25) is 0 Å². The minimum Gasteiger partial charge on any atom is -0.497 e. The van der Waals surface area contributed by atoms with Gasteiger partial charge in [-0.15, -0.1) is 11.3 Å². The largest absolute Gasteiger partial charge is 0.497 e. The molecule has 35 heavy (non-hydrogen) atoms. The highest BCUT2D eigenvalue weighted by Crippen LogP contribution is 2.30. The van der Waals surface area contributed by atoms with E-state index in [2.05, 4.69) is 4.98 Å². The number of benzene rings is 3. The highest BCUT2D eigenvalue weighted by atomic mass is 35.5. The van der Waals surface area contributed by atoms with Crippen molar-refractivity contribution in [3.05, 3.63) is 87.4 Å². The van der Waals surface area contributed by atoms with Crippen LogP contribution >= 0.6 is 22.9 Å². The van der Waals surface area contributed by atoms with Gasteiger partial charge >= 0.3 is 6.09 Å². The van der Waals surface area contributed by atoms with Crippen molar-refractivity contribution >= 4 is 39.2 Å². The lowest BCUT2D eigenvalue weighted by atomic mass is 10.1. The number of methoxy groups -OCH3 is 1. The van der Waals surface area contributed by atoms with Gasteiger partial charge in [-0.25, -0.2) is 18.6 Å². The SMILES string of the molecule is COc1cccc(COC(=O)NC(O)c2c(F)ccc(OCc3nc4cc(Cl)ccc4s3)c2F)c1. The molecule has 1 atom stereocenters. The molecule has 0 radical (unpaired) electrons. The summed E-state index contributed by atoms with van der Waals surface area (Å²) in [5.41, 5.74) is 0.518. The van der Waals surface area contributed by atoms with Crippen LogP contribution in [-0.2, 0) is 18.0 Å². The van der Waals surface area contributed by atoms with Crippen LogP contribution in [-0.4, -0.2) is 23.3 Å². The minimum absolute atomic E-state index is 0.0922. The van der Waals surface area contributed by atoms with Crippen LogP contribution in [0.1, 0.15) is 22.4 Å². The first-order valence-electron chi connectivity index (χ1n) is 10.2. The molecule has 11 heteroatoms. The average molecular weight is 521 g/mol. The van der Waals surface area contributed by atoms with Gasteiger partial charge in [0.1, 0.15) is 29.8 Å². The zero-order chi connectivity index (χ0) is 24.9. The quantitative estimate of drug-likeness (QED) is 0.288. The number of hydrogen-bond acceptors (Lipinski definition) is 7. The number of hydrogen-bond donors (Lipinski definition) is 2. The molecule has 1 amide bonds. The van der Waals surface area contributed by atoms with Crippen molar-refractivity contribution in [2.24, 2.45) is 0 Å². The Balaban J connectivity index is 1.40. The van der Waals surface area contributed by atoms with E-state index in [0.29, 0.717) is 26.9 Å². The second-order valence-electron chi connectivity index (χ2n) is 7.26. The molecule has 2 N–H and O–H groups in total. The zero-order valence-electron chi connectivity index (χ0n) is 18.3. The fourth-order valence-electron chi connectivity index (χ4n) is 3.20. The number of rotatable bonds is 8. The average Bonchev–Trinajstić information content (AvgIpc) is 3.24. The van der Waals surface area contributed by atoms with E-state index >= 15 is 0 Å². The summed E-state index contributed by atoms with van der Waals surface area (Å²) in [7, 11) is 1.50. The summed E-state index contributed by atoms with van der Waals surface area (Å²) in [6.45, 7) is -0.234. The number of aliphatic hydroxyl groups is 1. The van der Waals surface area contributed by atoms with Gasteiger partial charge < -0.3 is 19.3 Å². The normalized spacial score (nSPS) is 11.8. The van der Waals surface area contributed by atoms with Crippen molar-refractivity contribution in [1.29, 1.82) is 0 Å². The monoisotopic (exact) mass is 520 g/mol. The van der Waals surface area contributed by atoms with Crippen molar-refractivity contribution in [2.75, 3.05) is 7.11 Å². The molecule has 4 aromatic rings. The van der Waals surface area contributed by atoms with E-state index in [4.69, 9.17) is 25.8 Å². The third kappa shape index (κ3) is 5.97. The number of carbonyl (C=O) groups excluding carboxylic acids is 1. The number of aromatic nitrogens is 1. The van der Waals surface area contributed by atoms with E-state index < -0.39 is 29.5 Å². The number of aliphatic hydroxyl groups excluding tert-OH is 1. The predicted octanol–water partition coefficient (Wildman–Crippen LogP) is 5.73. The number of nitrogens with one attached hydrogen (secondary N) is 1. The third-order valence-corrected chi connectivity index (χ3v) is 6.11. The lowest BCUT2D eigenvalue weighted by molar-refractivity contribution is 0.0907. The number of alkyl carbamates (subject to hydrolysis) is 1. The molecular weight excluding hydrogens is 502 g/mol. The summed E-state index contributed by atoms with van der Waals surface area (Å²) in [5, 5.41) is 13.4.